The van der Waals surface area contributed by atoms with Crippen LogP contribution in [0.25, 0.3) is 22.3 Å². The van der Waals surface area contributed by atoms with Gasteiger partial charge in [0.25, 0.3) is 5.56 Å². The third kappa shape index (κ3) is 2.94. The molecule has 0 aliphatic carbocycles. The molecule has 0 saturated carbocycles. The van der Waals surface area contributed by atoms with Gasteiger partial charge in [0.2, 0.25) is 5.60 Å². The Hall–Kier alpha value is -3.23. The molecule has 3 aliphatic heterocycles. The summed E-state index contributed by atoms with van der Waals surface area (Å²) >= 11 is 0. The fourth-order valence-corrected chi connectivity index (χ4v) is 4.94. The van der Waals surface area contributed by atoms with Crippen LogP contribution in [0.2, 0.25) is 0 Å². The van der Waals surface area contributed by atoms with Crippen molar-refractivity contribution < 1.29 is 19.4 Å². The molecular formula is C25H27N3O5. The van der Waals surface area contributed by atoms with E-state index in [4.69, 9.17) is 14.5 Å². The van der Waals surface area contributed by atoms with Crippen molar-refractivity contribution in [2.75, 3.05) is 14.1 Å². The summed E-state index contributed by atoms with van der Waals surface area (Å²) in [5.41, 5.74) is 3.57. The summed E-state index contributed by atoms with van der Waals surface area (Å²) in [4.78, 5) is 32.6. The number of pyridine rings is 2. The number of phenols is 1. The number of fused-ring (bicyclic) bond motifs is 6. The van der Waals surface area contributed by atoms with E-state index in [9.17, 15) is 14.7 Å². The van der Waals surface area contributed by atoms with Gasteiger partial charge in [-0.2, -0.15) is 0 Å². The number of esters is 1. The Kier molecular flexibility index (Phi) is 4.84. The first-order valence-electron chi connectivity index (χ1n) is 11.2. The van der Waals surface area contributed by atoms with Gasteiger partial charge in [0, 0.05) is 28.6 Å². The fraction of sp³-hybridized carbons (Fsp3) is 0.400. The lowest BCUT2D eigenvalue weighted by molar-refractivity contribution is -0.154. The minimum atomic E-state index is -1.17. The molecular weight excluding hydrogens is 422 g/mol. The number of hydrogen-bond acceptors (Lipinski definition) is 7. The Balaban J connectivity index is 0.00000111. The van der Waals surface area contributed by atoms with Crippen molar-refractivity contribution in [1.29, 1.82) is 0 Å². The largest absolute Gasteiger partial charge is 0.508 e. The third-order valence-electron chi connectivity index (χ3n) is 6.54. The van der Waals surface area contributed by atoms with Crippen LogP contribution in [0, 0.1) is 0 Å². The number of hydrogen-bond donors (Lipinski definition) is 1. The predicted octanol–water partition coefficient (Wildman–Crippen LogP) is 2.89. The SMILES string of the molecule is CC.CC1O[C@@]12C(=O)OCc1c2cc2n(c1=O)Cc1cc3c(CN(C)C)c(O)ccc3nc1-2. The van der Waals surface area contributed by atoms with Crippen molar-refractivity contribution in [3.8, 4) is 17.1 Å². The molecule has 33 heavy (non-hydrogen) atoms. The molecule has 8 heteroatoms. The van der Waals surface area contributed by atoms with Gasteiger partial charge in [-0.25, -0.2) is 9.78 Å². The van der Waals surface area contributed by atoms with Crippen molar-refractivity contribution >= 4 is 16.9 Å². The number of carbonyl (C=O) groups excluding carboxylic acids is 1. The summed E-state index contributed by atoms with van der Waals surface area (Å²) in [6.07, 6.45) is -0.330. The first-order chi connectivity index (χ1) is 15.8. The fourth-order valence-electron chi connectivity index (χ4n) is 4.94. The van der Waals surface area contributed by atoms with Gasteiger partial charge in [-0.3, -0.25) is 4.79 Å². The highest BCUT2D eigenvalue weighted by molar-refractivity contribution is 5.90. The average molecular weight is 450 g/mol. The molecule has 0 radical (unpaired) electrons. The summed E-state index contributed by atoms with van der Waals surface area (Å²) in [6, 6.07) is 7.32. The molecule has 3 aromatic rings. The zero-order valence-electron chi connectivity index (χ0n) is 19.4. The van der Waals surface area contributed by atoms with Gasteiger partial charge in [0.05, 0.1) is 29.0 Å². The van der Waals surface area contributed by atoms with Crippen LogP contribution >= 0.6 is 0 Å². The van der Waals surface area contributed by atoms with E-state index < -0.39 is 11.6 Å². The maximum Gasteiger partial charge on any atom is 0.346 e. The van der Waals surface area contributed by atoms with Gasteiger partial charge in [0.15, 0.2) is 0 Å². The lowest BCUT2D eigenvalue weighted by Gasteiger charge is -2.23. The second-order valence-electron chi connectivity index (χ2n) is 8.75. The monoisotopic (exact) mass is 449 g/mol. The molecule has 172 valence electrons. The smallest absolute Gasteiger partial charge is 0.346 e. The first-order valence-corrected chi connectivity index (χ1v) is 11.2. The third-order valence-corrected chi connectivity index (χ3v) is 6.54. The molecule has 2 atom stereocenters. The molecule has 1 unspecified atom stereocenters. The molecule has 1 saturated heterocycles. The Morgan fingerprint density at radius 1 is 1.24 bits per heavy atom. The number of cyclic esters (lactones) is 1. The first kappa shape index (κ1) is 21.6. The summed E-state index contributed by atoms with van der Waals surface area (Å²) in [5.74, 6) is -0.214. The zero-order valence-corrected chi connectivity index (χ0v) is 19.4. The van der Waals surface area contributed by atoms with Crippen molar-refractivity contribution in [1.82, 2.24) is 14.5 Å². The molecule has 8 nitrogen and oxygen atoms in total. The highest BCUT2D eigenvalue weighted by atomic mass is 16.7. The van der Waals surface area contributed by atoms with Crippen LogP contribution in [0.4, 0.5) is 0 Å². The van der Waals surface area contributed by atoms with Crippen LogP contribution in [-0.4, -0.2) is 45.7 Å². The van der Waals surface area contributed by atoms with Gasteiger partial charge in [0.1, 0.15) is 18.5 Å². The van der Waals surface area contributed by atoms with E-state index in [0.29, 0.717) is 29.9 Å². The molecule has 5 heterocycles. The number of epoxide rings is 1. The van der Waals surface area contributed by atoms with Crippen molar-refractivity contribution in [3.05, 3.63) is 56.9 Å². The Bertz CT molecular complexity index is 1380. The van der Waals surface area contributed by atoms with E-state index >= 15 is 0 Å². The van der Waals surface area contributed by atoms with Crippen molar-refractivity contribution in [2.24, 2.45) is 0 Å². The van der Waals surface area contributed by atoms with Crippen LogP contribution in [0.1, 0.15) is 43.0 Å². The normalized spacial score (nSPS) is 21.9. The lowest BCUT2D eigenvalue weighted by atomic mass is 9.90. The van der Waals surface area contributed by atoms with Crippen LogP contribution < -0.4 is 5.56 Å². The summed E-state index contributed by atoms with van der Waals surface area (Å²) in [6.45, 7) is 6.72. The Morgan fingerprint density at radius 3 is 2.64 bits per heavy atom. The van der Waals surface area contributed by atoms with Crippen LogP contribution in [0.15, 0.2) is 29.1 Å². The summed E-state index contributed by atoms with van der Waals surface area (Å²) in [7, 11) is 3.89. The maximum atomic E-state index is 13.3. The number of rotatable bonds is 2. The van der Waals surface area contributed by atoms with E-state index in [0.717, 1.165) is 27.7 Å². The van der Waals surface area contributed by atoms with Crippen LogP contribution in [0.5, 0.6) is 5.75 Å². The van der Waals surface area contributed by atoms with Gasteiger partial charge < -0.3 is 24.0 Å². The van der Waals surface area contributed by atoms with E-state index in [-0.39, 0.29) is 24.0 Å². The average Bonchev–Trinajstić information content (AvgIpc) is 3.33. The van der Waals surface area contributed by atoms with Gasteiger partial charge in [-0.05, 0) is 45.3 Å². The number of aromatic nitrogens is 2. The van der Waals surface area contributed by atoms with Crippen molar-refractivity contribution in [2.45, 2.75) is 52.2 Å². The topological polar surface area (TPSA) is 97.2 Å². The van der Waals surface area contributed by atoms with E-state index in [2.05, 4.69) is 0 Å². The molecule has 0 bridgehead atoms. The van der Waals surface area contributed by atoms with Crippen LogP contribution in [0.3, 0.4) is 0 Å². The van der Waals surface area contributed by atoms with E-state index in [1.54, 1.807) is 23.6 Å². The Labute approximate surface area is 191 Å². The van der Waals surface area contributed by atoms with Crippen molar-refractivity contribution in [3.63, 3.8) is 0 Å². The second-order valence-corrected chi connectivity index (χ2v) is 8.75. The predicted molar refractivity (Wildman–Crippen MR) is 123 cm³/mol. The highest BCUT2D eigenvalue weighted by Gasteiger charge is 2.65. The highest BCUT2D eigenvalue weighted by Crippen LogP contribution is 2.51. The number of carbonyl (C=O) groups is 1. The maximum absolute atomic E-state index is 13.3. The minimum absolute atomic E-state index is 0.0439. The lowest BCUT2D eigenvalue weighted by Crippen LogP contribution is -2.38. The van der Waals surface area contributed by atoms with E-state index in [1.165, 1.54) is 0 Å². The molecule has 1 fully saturated rings. The molecule has 3 aliphatic rings. The number of aromatic hydroxyl groups is 1. The summed E-state index contributed by atoms with van der Waals surface area (Å²) in [5, 5.41) is 11.3. The molecule has 1 N–H and O–H groups in total. The number of ether oxygens (including phenoxy) is 2. The van der Waals surface area contributed by atoms with Crippen LogP contribution in [-0.2, 0) is 39.6 Å². The molecule has 0 amide bonds. The number of benzene rings is 1. The summed E-state index contributed by atoms with van der Waals surface area (Å²) < 4.78 is 12.6. The molecule has 6 rings (SSSR count). The molecule has 1 aromatic carbocycles. The Morgan fingerprint density at radius 2 is 1.97 bits per heavy atom. The molecule has 2 aromatic heterocycles. The van der Waals surface area contributed by atoms with Gasteiger partial charge in [-0.1, -0.05) is 13.8 Å². The standard InChI is InChI=1S/C23H21N3O5.C2H6/c1-11-23(31-11)16-7-18-20-12(8-26(18)21(28)15(16)10-30-22(23)29)6-13-14(9-25(2)3)19(27)5-4-17(13)24-20;1-2/h4-7,11,27H,8-10H2,1-3H3;1-2H3/t11?,23-;/m0./s1. The zero-order chi connectivity index (χ0) is 23.7. The van der Waals surface area contributed by atoms with Gasteiger partial charge >= 0.3 is 5.97 Å². The second kappa shape index (κ2) is 7.40. The quantitative estimate of drug-likeness (QED) is 0.371. The molecule has 1 spiro atoms. The number of nitrogens with zero attached hydrogens (tertiary/aromatic N) is 3. The van der Waals surface area contributed by atoms with E-state index in [1.807, 2.05) is 45.0 Å². The van der Waals surface area contributed by atoms with Gasteiger partial charge in [-0.15, -0.1) is 0 Å². The minimum Gasteiger partial charge on any atom is -0.508 e. The number of phenolic OH excluding ortho intramolecular Hbond substituents is 1.